The molecule has 0 bridgehead atoms. The summed E-state index contributed by atoms with van der Waals surface area (Å²) in [4.78, 5) is 31.0. The summed E-state index contributed by atoms with van der Waals surface area (Å²) in [6, 6.07) is 10.3. The number of carbonyl (C=O) groups excluding carboxylic acids is 2. The van der Waals surface area contributed by atoms with Crippen LogP contribution in [0.25, 0.3) is 5.76 Å². The number of hydrogen-bond acceptors (Lipinski definition) is 5. The van der Waals surface area contributed by atoms with E-state index in [0.717, 1.165) is 11.3 Å². The van der Waals surface area contributed by atoms with Gasteiger partial charge in [-0.25, -0.2) is 0 Å². The highest BCUT2D eigenvalue weighted by Gasteiger charge is 2.46. The van der Waals surface area contributed by atoms with Crippen LogP contribution in [0, 0.1) is 6.92 Å². The second-order valence-electron chi connectivity index (χ2n) is 7.81. The third kappa shape index (κ3) is 4.07. The van der Waals surface area contributed by atoms with E-state index in [4.69, 9.17) is 0 Å². The summed E-state index contributed by atoms with van der Waals surface area (Å²) in [5.74, 6) is -1.42. The number of nitrogens with zero attached hydrogens (tertiary/aromatic N) is 2. The monoisotopic (exact) mass is 394 g/mol. The highest BCUT2D eigenvalue weighted by molar-refractivity contribution is 6.46. The van der Waals surface area contributed by atoms with Gasteiger partial charge in [-0.3, -0.25) is 14.6 Å². The van der Waals surface area contributed by atoms with Crippen LogP contribution >= 0.6 is 0 Å². The van der Waals surface area contributed by atoms with Crippen molar-refractivity contribution in [3.05, 3.63) is 70.6 Å². The number of amides is 1. The van der Waals surface area contributed by atoms with Crippen LogP contribution < -0.4 is 0 Å². The Bertz CT molecular complexity index is 944. The van der Waals surface area contributed by atoms with E-state index < -0.39 is 23.8 Å². The maximum Gasteiger partial charge on any atom is 0.295 e. The Morgan fingerprint density at radius 3 is 2.28 bits per heavy atom. The van der Waals surface area contributed by atoms with Gasteiger partial charge in [0, 0.05) is 24.0 Å². The van der Waals surface area contributed by atoms with Gasteiger partial charge in [0.15, 0.2) is 0 Å². The van der Waals surface area contributed by atoms with Crippen LogP contribution in [-0.2, 0) is 9.59 Å². The molecule has 29 heavy (non-hydrogen) atoms. The van der Waals surface area contributed by atoms with Gasteiger partial charge in [0.05, 0.1) is 17.7 Å². The van der Waals surface area contributed by atoms with Gasteiger partial charge in [0.25, 0.3) is 11.7 Å². The molecule has 1 aliphatic rings. The molecule has 0 unspecified atom stereocenters. The number of benzene rings is 1. The zero-order valence-electron chi connectivity index (χ0n) is 17.1. The molecule has 6 nitrogen and oxygen atoms in total. The number of rotatable bonds is 5. The minimum absolute atomic E-state index is 0.00982. The number of Topliss-reactive ketones (excluding diaryl/α,β-unsaturated/α-hetero) is 1. The van der Waals surface area contributed by atoms with Crippen molar-refractivity contribution < 1.29 is 19.8 Å². The number of carbonyl (C=O) groups is 2. The third-order valence-electron chi connectivity index (χ3n) is 5.10. The number of aryl methyl sites for hydroxylation is 1. The van der Waals surface area contributed by atoms with Gasteiger partial charge in [-0.1, -0.05) is 38.1 Å². The first-order valence-electron chi connectivity index (χ1n) is 9.70. The lowest BCUT2D eigenvalue weighted by Crippen LogP contribution is -2.35. The Hall–Kier alpha value is -2.99. The fourth-order valence-corrected chi connectivity index (χ4v) is 3.53. The van der Waals surface area contributed by atoms with Crippen molar-refractivity contribution >= 4 is 17.4 Å². The van der Waals surface area contributed by atoms with Crippen molar-refractivity contribution in [1.29, 1.82) is 0 Å². The van der Waals surface area contributed by atoms with Gasteiger partial charge in [-0.2, -0.15) is 0 Å². The zero-order valence-corrected chi connectivity index (χ0v) is 17.1. The van der Waals surface area contributed by atoms with Gasteiger partial charge < -0.3 is 15.1 Å². The molecule has 0 spiro atoms. The summed E-state index contributed by atoms with van der Waals surface area (Å²) < 4.78 is 0. The molecule has 1 aromatic carbocycles. The van der Waals surface area contributed by atoms with Crippen molar-refractivity contribution in [3.63, 3.8) is 0 Å². The lowest BCUT2D eigenvalue weighted by atomic mass is 9.93. The minimum Gasteiger partial charge on any atom is -0.507 e. The summed E-state index contributed by atoms with van der Waals surface area (Å²) in [6.45, 7) is 7.53. The smallest absolute Gasteiger partial charge is 0.295 e. The number of ketones is 1. The standard InChI is InChI=1S/C23H26N2O4/c1-13(2)16-7-9-17(10-8-16)20-19(21(27)18-6-5-14(3)24-11-18)22(28)23(29)25(20)12-15(4)26/h5-11,13,15,20,26-27H,12H2,1-4H3/t15-,20+/m1/s1. The van der Waals surface area contributed by atoms with E-state index in [1.807, 2.05) is 31.2 Å². The molecule has 2 atom stereocenters. The van der Waals surface area contributed by atoms with E-state index in [-0.39, 0.29) is 17.9 Å². The van der Waals surface area contributed by atoms with Crippen LogP contribution in [-0.4, -0.2) is 44.4 Å². The molecule has 2 aromatic rings. The third-order valence-corrected chi connectivity index (χ3v) is 5.10. The van der Waals surface area contributed by atoms with Crippen molar-refractivity contribution in [3.8, 4) is 0 Å². The Balaban J connectivity index is 2.15. The molecule has 152 valence electrons. The molecular weight excluding hydrogens is 368 g/mol. The van der Waals surface area contributed by atoms with E-state index in [1.165, 1.54) is 11.1 Å². The van der Waals surface area contributed by atoms with Gasteiger partial charge in [-0.05, 0) is 43.0 Å². The first-order chi connectivity index (χ1) is 13.7. The van der Waals surface area contributed by atoms with Crippen molar-refractivity contribution in [1.82, 2.24) is 9.88 Å². The van der Waals surface area contributed by atoms with Crippen LogP contribution in [0.15, 0.2) is 48.2 Å². The number of aliphatic hydroxyl groups is 2. The molecule has 0 aliphatic carbocycles. The Labute approximate surface area is 170 Å². The first kappa shape index (κ1) is 20.7. The number of aliphatic hydroxyl groups excluding tert-OH is 2. The summed E-state index contributed by atoms with van der Waals surface area (Å²) in [5.41, 5.74) is 2.99. The van der Waals surface area contributed by atoms with Gasteiger partial charge in [0.1, 0.15) is 5.76 Å². The number of pyridine rings is 1. The molecule has 6 heteroatoms. The quantitative estimate of drug-likeness (QED) is 0.461. The molecule has 3 rings (SSSR count). The Morgan fingerprint density at radius 2 is 1.76 bits per heavy atom. The summed E-state index contributed by atoms with van der Waals surface area (Å²) in [7, 11) is 0. The maximum atomic E-state index is 12.8. The predicted octanol–water partition coefficient (Wildman–Crippen LogP) is 3.32. The summed E-state index contributed by atoms with van der Waals surface area (Å²) >= 11 is 0. The first-order valence-corrected chi connectivity index (χ1v) is 9.70. The van der Waals surface area contributed by atoms with Gasteiger partial charge >= 0.3 is 0 Å². The molecule has 0 radical (unpaired) electrons. The average molecular weight is 394 g/mol. The molecule has 1 aliphatic heterocycles. The van der Waals surface area contributed by atoms with Crippen LogP contribution in [0.2, 0.25) is 0 Å². The minimum atomic E-state index is -0.813. The largest absolute Gasteiger partial charge is 0.507 e. The van der Waals surface area contributed by atoms with Crippen LogP contribution in [0.5, 0.6) is 0 Å². The highest BCUT2D eigenvalue weighted by Crippen LogP contribution is 2.39. The van der Waals surface area contributed by atoms with Gasteiger partial charge in [-0.15, -0.1) is 0 Å². The van der Waals surface area contributed by atoms with Crippen molar-refractivity contribution in [2.45, 2.75) is 45.8 Å². The van der Waals surface area contributed by atoms with E-state index in [9.17, 15) is 19.8 Å². The van der Waals surface area contributed by atoms with E-state index in [1.54, 1.807) is 19.1 Å². The second kappa shape index (κ2) is 8.17. The topological polar surface area (TPSA) is 90.7 Å². The molecule has 1 fully saturated rings. The number of hydrogen-bond donors (Lipinski definition) is 2. The zero-order chi connectivity index (χ0) is 21.3. The number of aromatic nitrogens is 1. The molecule has 0 saturated carbocycles. The lowest BCUT2D eigenvalue weighted by Gasteiger charge is -2.26. The maximum absolute atomic E-state index is 12.8. The Kier molecular flexibility index (Phi) is 5.84. The van der Waals surface area contributed by atoms with Crippen LogP contribution in [0.3, 0.4) is 0 Å². The van der Waals surface area contributed by atoms with Crippen LogP contribution in [0.1, 0.15) is 55.1 Å². The highest BCUT2D eigenvalue weighted by atomic mass is 16.3. The van der Waals surface area contributed by atoms with Crippen LogP contribution in [0.4, 0.5) is 0 Å². The predicted molar refractivity (Wildman–Crippen MR) is 110 cm³/mol. The SMILES string of the molecule is Cc1ccc(C(O)=C2C(=O)C(=O)N(C[C@@H](C)O)[C@H]2c2ccc(C(C)C)cc2)cn1. The average Bonchev–Trinajstić information content (AvgIpc) is 2.92. The van der Waals surface area contributed by atoms with Gasteiger partial charge in [0.2, 0.25) is 0 Å². The van der Waals surface area contributed by atoms with E-state index in [0.29, 0.717) is 17.0 Å². The van der Waals surface area contributed by atoms with E-state index >= 15 is 0 Å². The molecule has 1 aromatic heterocycles. The number of likely N-dealkylation sites (tertiary alicyclic amines) is 1. The summed E-state index contributed by atoms with van der Waals surface area (Å²) in [6.07, 6.45) is 0.665. The fourth-order valence-electron chi connectivity index (χ4n) is 3.53. The molecule has 1 amide bonds. The Morgan fingerprint density at radius 1 is 1.10 bits per heavy atom. The normalized spacial score (nSPS) is 19.8. The second-order valence-corrected chi connectivity index (χ2v) is 7.81. The van der Waals surface area contributed by atoms with Crippen molar-refractivity contribution in [2.75, 3.05) is 6.54 Å². The molecule has 2 heterocycles. The molecule has 2 N–H and O–H groups in total. The summed E-state index contributed by atoms with van der Waals surface area (Å²) in [5, 5.41) is 20.8. The molecule has 1 saturated heterocycles. The van der Waals surface area contributed by atoms with E-state index in [2.05, 4.69) is 18.8 Å². The number of β-amino-alcohol motifs (C(OH)–C–C–N with tert-alkyl or cyclic N) is 1. The fraction of sp³-hybridized carbons (Fsp3) is 0.348. The lowest BCUT2D eigenvalue weighted by molar-refractivity contribution is -0.140. The van der Waals surface area contributed by atoms with Crippen molar-refractivity contribution in [2.24, 2.45) is 0 Å². The molecular formula is C23H26N2O4.